The Bertz CT molecular complexity index is 275. The molecule has 1 aliphatic rings. The van der Waals surface area contributed by atoms with E-state index in [1.807, 2.05) is 7.05 Å². The average molecular weight is 396 g/mol. The Morgan fingerprint density at radius 1 is 1.20 bits per heavy atom. The van der Waals surface area contributed by atoms with Crippen LogP contribution in [-0.2, 0) is 0 Å². The van der Waals surface area contributed by atoms with E-state index in [1.54, 1.807) is 0 Å². The summed E-state index contributed by atoms with van der Waals surface area (Å²) in [5, 5.41) is 6.86. The number of nitrogens with zero attached hydrogens (tertiary/aromatic N) is 2. The fourth-order valence-corrected chi connectivity index (χ4v) is 2.27. The zero-order chi connectivity index (χ0) is 14.3. The summed E-state index contributed by atoms with van der Waals surface area (Å²) in [7, 11) is 4.07. The largest absolute Gasteiger partial charge is 0.356 e. The third-order valence-corrected chi connectivity index (χ3v) is 4.32. The van der Waals surface area contributed by atoms with Crippen LogP contribution in [0.3, 0.4) is 0 Å². The summed E-state index contributed by atoms with van der Waals surface area (Å²) in [4.78, 5) is 6.77. The lowest BCUT2D eigenvalue weighted by molar-refractivity contribution is 0.247. The first-order valence-corrected chi connectivity index (χ1v) is 7.78. The van der Waals surface area contributed by atoms with Crippen molar-refractivity contribution in [3.05, 3.63) is 0 Å². The molecule has 0 heterocycles. The second-order valence-corrected chi connectivity index (χ2v) is 5.76. The maximum absolute atomic E-state index is 4.30. The van der Waals surface area contributed by atoms with Gasteiger partial charge in [0.1, 0.15) is 0 Å². The summed E-state index contributed by atoms with van der Waals surface area (Å²) in [6, 6.07) is 1.37. The minimum absolute atomic E-state index is 0. The summed E-state index contributed by atoms with van der Waals surface area (Å²) in [5.41, 5.74) is 0. The van der Waals surface area contributed by atoms with E-state index in [2.05, 4.69) is 48.3 Å². The lowest BCUT2D eigenvalue weighted by Gasteiger charge is -2.25. The molecule has 5 heteroatoms. The quantitative estimate of drug-likeness (QED) is 0.377. The van der Waals surface area contributed by atoms with Crippen LogP contribution >= 0.6 is 24.0 Å². The minimum Gasteiger partial charge on any atom is -0.356 e. The topological polar surface area (TPSA) is 39.7 Å². The van der Waals surface area contributed by atoms with Gasteiger partial charge in [-0.3, -0.25) is 9.89 Å². The van der Waals surface area contributed by atoms with Gasteiger partial charge in [0.15, 0.2) is 5.96 Å². The number of hydrogen-bond acceptors (Lipinski definition) is 2. The highest BCUT2D eigenvalue weighted by Gasteiger charge is 2.28. The van der Waals surface area contributed by atoms with E-state index in [0.29, 0.717) is 6.04 Å². The van der Waals surface area contributed by atoms with Gasteiger partial charge < -0.3 is 10.6 Å². The third kappa shape index (κ3) is 7.11. The number of aliphatic imine (C=N–C) groups is 1. The number of hydrogen-bond donors (Lipinski definition) is 2. The van der Waals surface area contributed by atoms with Crippen LogP contribution in [-0.4, -0.2) is 50.1 Å². The maximum Gasteiger partial charge on any atom is 0.191 e. The van der Waals surface area contributed by atoms with E-state index in [4.69, 9.17) is 0 Å². The SMILES string of the molecule is CCC(CC)CNC(=NC)NCC(C)N(C)C1CC1.I. The van der Waals surface area contributed by atoms with Crippen LogP contribution in [0.25, 0.3) is 0 Å². The number of likely N-dealkylation sites (N-methyl/N-ethyl adjacent to an activating group) is 1. The van der Waals surface area contributed by atoms with Crippen LogP contribution < -0.4 is 10.6 Å². The zero-order valence-electron chi connectivity index (χ0n) is 13.8. The highest BCUT2D eigenvalue weighted by molar-refractivity contribution is 14.0. The van der Waals surface area contributed by atoms with Gasteiger partial charge in [0.05, 0.1) is 0 Å². The van der Waals surface area contributed by atoms with Crippen LogP contribution in [0.1, 0.15) is 46.5 Å². The van der Waals surface area contributed by atoms with Crippen molar-refractivity contribution in [3.63, 3.8) is 0 Å². The first-order valence-electron chi connectivity index (χ1n) is 7.78. The molecule has 1 saturated carbocycles. The Hall–Kier alpha value is -0.0400. The van der Waals surface area contributed by atoms with Gasteiger partial charge in [-0.1, -0.05) is 26.7 Å². The highest BCUT2D eigenvalue weighted by Crippen LogP contribution is 2.26. The van der Waals surface area contributed by atoms with Crippen molar-refractivity contribution in [1.82, 2.24) is 15.5 Å². The van der Waals surface area contributed by atoms with Crippen molar-refractivity contribution in [2.45, 2.75) is 58.5 Å². The van der Waals surface area contributed by atoms with Crippen LogP contribution in [0.5, 0.6) is 0 Å². The number of nitrogens with one attached hydrogen (secondary N) is 2. The molecule has 1 unspecified atom stereocenters. The first kappa shape index (κ1) is 20.0. The third-order valence-electron chi connectivity index (χ3n) is 4.32. The first-order chi connectivity index (χ1) is 9.12. The highest BCUT2D eigenvalue weighted by atomic mass is 127. The molecule has 0 spiro atoms. The standard InChI is InChI=1S/C15H32N4.HI/c1-6-13(7-2)11-18-15(16-4)17-10-12(3)19(5)14-8-9-14;/h12-14H,6-11H2,1-5H3,(H2,16,17,18);1H. The van der Waals surface area contributed by atoms with E-state index in [9.17, 15) is 0 Å². The van der Waals surface area contributed by atoms with Crippen molar-refractivity contribution < 1.29 is 0 Å². The Balaban J connectivity index is 0.00000361. The molecule has 0 bridgehead atoms. The molecule has 0 aromatic carbocycles. The van der Waals surface area contributed by atoms with Gasteiger partial charge in [0, 0.05) is 32.2 Å². The normalized spacial score (nSPS) is 17.1. The van der Waals surface area contributed by atoms with Crippen LogP contribution in [0.2, 0.25) is 0 Å². The molecule has 0 saturated heterocycles. The molecule has 1 fully saturated rings. The Morgan fingerprint density at radius 2 is 1.75 bits per heavy atom. The van der Waals surface area contributed by atoms with Gasteiger partial charge in [0.25, 0.3) is 0 Å². The van der Waals surface area contributed by atoms with Crippen molar-refractivity contribution in [3.8, 4) is 0 Å². The fourth-order valence-electron chi connectivity index (χ4n) is 2.27. The maximum atomic E-state index is 4.30. The number of guanidine groups is 1. The van der Waals surface area contributed by atoms with Gasteiger partial charge in [-0.2, -0.15) is 0 Å². The molecule has 1 atom stereocenters. The van der Waals surface area contributed by atoms with Crippen LogP contribution in [0, 0.1) is 5.92 Å². The van der Waals surface area contributed by atoms with Gasteiger partial charge >= 0.3 is 0 Å². The zero-order valence-corrected chi connectivity index (χ0v) is 16.1. The molecule has 2 N–H and O–H groups in total. The molecule has 4 nitrogen and oxygen atoms in total. The molecule has 1 rings (SSSR count). The van der Waals surface area contributed by atoms with Crippen molar-refractivity contribution in [2.24, 2.45) is 10.9 Å². The molecular weight excluding hydrogens is 363 g/mol. The molecule has 20 heavy (non-hydrogen) atoms. The van der Waals surface area contributed by atoms with E-state index in [0.717, 1.165) is 31.0 Å². The van der Waals surface area contributed by atoms with E-state index >= 15 is 0 Å². The summed E-state index contributed by atoms with van der Waals surface area (Å²) < 4.78 is 0. The predicted octanol–water partition coefficient (Wildman–Crippen LogP) is 2.69. The van der Waals surface area contributed by atoms with Crippen molar-refractivity contribution in [2.75, 3.05) is 27.2 Å². The summed E-state index contributed by atoms with van der Waals surface area (Å²) in [5.74, 6) is 1.67. The van der Waals surface area contributed by atoms with Gasteiger partial charge in [-0.25, -0.2) is 0 Å². The minimum atomic E-state index is 0. The fraction of sp³-hybridized carbons (Fsp3) is 0.933. The Kier molecular flexibility index (Phi) is 10.6. The van der Waals surface area contributed by atoms with Crippen LogP contribution in [0.15, 0.2) is 4.99 Å². The summed E-state index contributed by atoms with van der Waals surface area (Å²) >= 11 is 0. The molecule has 120 valence electrons. The molecule has 1 aliphatic carbocycles. The van der Waals surface area contributed by atoms with E-state index < -0.39 is 0 Å². The van der Waals surface area contributed by atoms with Gasteiger partial charge in [-0.15, -0.1) is 24.0 Å². The van der Waals surface area contributed by atoms with Crippen molar-refractivity contribution >= 4 is 29.9 Å². The molecule has 0 aromatic heterocycles. The Morgan fingerprint density at radius 3 is 2.20 bits per heavy atom. The molecule has 0 radical (unpaired) electrons. The van der Waals surface area contributed by atoms with Crippen molar-refractivity contribution in [1.29, 1.82) is 0 Å². The monoisotopic (exact) mass is 396 g/mol. The summed E-state index contributed by atoms with van der Waals surface area (Å²) in [6.07, 6.45) is 5.17. The smallest absolute Gasteiger partial charge is 0.191 e. The lowest BCUT2D eigenvalue weighted by atomic mass is 10.0. The molecular formula is C15H33IN4. The Labute approximate surface area is 142 Å². The van der Waals surface area contributed by atoms with Gasteiger partial charge in [-0.05, 0) is 32.7 Å². The van der Waals surface area contributed by atoms with Gasteiger partial charge in [0.2, 0.25) is 0 Å². The van der Waals surface area contributed by atoms with Crippen LogP contribution in [0.4, 0.5) is 0 Å². The summed E-state index contributed by atoms with van der Waals surface area (Å²) in [6.45, 7) is 8.74. The van der Waals surface area contributed by atoms with E-state index in [1.165, 1.54) is 25.7 Å². The van der Waals surface area contributed by atoms with E-state index in [-0.39, 0.29) is 24.0 Å². The molecule has 0 amide bonds. The second-order valence-electron chi connectivity index (χ2n) is 5.76. The number of rotatable bonds is 8. The predicted molar refractivity (Wildman–Crippen MR) is 99.1 cm³/mol. The average Bonchev–Trinajstić information content (AvgIpc) is 3.26. The molecule has 0 aliphatic heterocycles. The lowest BCUT2D eigenvalue weighted by Crippen LogP contribution is -2.46. The second kappa shape index (κ2) is 10.7. The molecule has 0 aromatic rings. The number of halogens is 1.